The molecule has 0 aliphatic carbocycles. The molecule has 1 aromatic heterocycles. The molecule has 0 unspecified atom stereocenters. The number of nitrogens with one attached hydrogen (secondary N) is 1. The van der Waals surface area contributed by atoms with E-state index in [0.29, 0.717) is 11.7 Å². The molecule has 1 amide bonds. The predicted molar refractivity (Wildman–Crippen MR) is 58.3 cm³/mol. The van der Waals surface area contributed by atoms with Crippen molar-refractivity contribution in [3.63, 3.8) is 0 Å². The number of hydrogen-bond acceptors (Lipinski definition) is 3. The first-order valence-corrected chi connectivity index (χ1v) is 5.20. The average Bonchev–Trinajstić information content (AvgIpc) is 2.51. The maximum atomic E-state index is 11.5. The van der Waals surface area contributed by atoms with Crippen LogP contribution in [0.2, 0.25) is 0 Å². The smallest absolute Gasteiger partial charge is 0.228 e. The van der Waals surface area contributed by atoms with E-state index in [0.717, 1.165) is 6.54 Å². The van der Waals surface area contributed by atoms with Gasteiger partial charge in [-0.2, -0.15) is 0 Å². The van der Waals surface area contributed by atoms with Gasteiger partial charge in [0.2, 0.25) is 5.91 Å². The van der Waals surface area contributed by atoms with Crippen LogP contribution in [0.3, 0.4) is 0 Å². The second kappa shape index (κ2) is 4.91. The van der Waals surface area contributed by atoms with Crippen molar-refractivity contribution in [2.45, 2.75) is 34.2 Å². The van der Waals surface area contributed by atoms with Crippen molar-refractivity contribution in [2.75, 3.05) is 5.32 Å². The molecule has 1 heterocycles. The summed E-state index contributed by atoms with van der Waals surface area (Å²) in [4.78, 5) is 11.5. The monoisotopic (exact) mass is 210 g/mol. The molecule has 1 rings (SSSR count). The van der Waals surface area contributed by atoms with E-state index < -0.39 is 0 Å². The zero-order valence-electron chi connectivity index (χ0n) is 9.69. The highest BCUT2D eigenvalue weighted by atomic mass is 16.1. The van der Waals surface area contributed by atoms with Gasteiger partial charge in [-0.15, -0.1) is 5.10 Å². The molecular weight excluding hydrogens is 192 g/mol. The highest BCUT2D eigenvalue weighted by molar-refractivity contribution is 5.91. The molecule has 0 aliphatic heterocycles. The number of carbonyl (C=O) groups is 1. The second-order valence-electron chi connectivity index (χ2n) is 4.34. The molecule has 0 fully saturated rings. The highest BCUT2D eigenvalue weighted by Gasteiger charge is 2.11. The number of hydrogen-bond donors (Lipinski definition) is 1. The SMILES string of the molecule is CC(C)Cn1nncc1NC(=O)C(C)C. The Balaban J connectivity index is 2.69. The first kappa shape index (κ1) is 11.7. The molecule has 0 saturated carbocycles. The standard InChI is InChI=1S/C10H18N4O/c1-7(2)6-14-9(5-11-13-14)12-10(15)8(3)4/h5,7-8H,6H2,1-4H3,(H,12,15). The van der Waals surface area contributed by atoms with E-state index in [2.05, 4.69) is 29.5 Å². The summed E-state index contributed by atoms with van der Waals surface area (Å²) in [5.41, 5.74) is 0. The van der Waals surface area contributed by atoms with Crippen LogP contribution in [0.15, 0.2) is 6.20 Å². The lowest BCUT2D eigenvalue weighted by Crippen LogP contribution is -2.21. The van der Waals surface area contributed by atoms with Gasteiger partial charge in [0.15, 0.2) is 5.82 Å². The van der Waals surface area contributed by atoms with Gasteiger partial charge in [-0.3, -0.25) is 4.79 Å². The summed E-state index contributed by atoms with van der Waals surface area (Å²) < 4.78 is 1.71. The predicted octanol–water partition coefficient (Wildman–Crippen LogP) is 1.53. The molecule has 15 heavy (non-hydrogen) atoms. The molecule has 0 aromatic carbocycles. The molecule has 0 spiro atoms. The number of nitrogens with zero attached hydrogens (tertiary/aromatic N) is 3. The van der Waals surface area contributed by atoms with Gasteiger partial charge >= 0.3 is 0 Å². The fourth-order valence-electron chi connectivity index (χ4n) is 1.11. The topological polar surface area (TPSA) is 59.8 Å². The number of rotatable bonds is 4. The Kier molecular flexibility index (Phi) is 3.82. The fourth-order valence-corrected chi connectivity index (χ4v) is 1.11. The van der Waals surface area contributed by atoms with Crippen LogP contribution in [0, 0.1) is 11.8 Å². The number of carbonyl (C=O) groups excluding carboxylic acids is 1. The number of aromatic nitrogens is 3. The Hall–Kier alpha value is -1.39. The van der Waals surface area contributed by atoms with Gasteiger partial charge in [0.05, 0.1) is 6.20 Å². The van der Waals surface area contributed by atoms with Gasteiger partial charge in [0, 0.05) is 12.5 Å². The third-order valence-corrected chi connectivity index (χ3v) is 1.93. The molecule has 1 N–H and O–H groups in total. The van der Waals surface area contributed by atoms with Crippen LogP contribution in [-0.2, 0) is 11.3 Å². The minimum absolute atomic E-state index is 0.0118. The first-order chi connectivity index (χ1) is 7.00. The van der Waals surface area contributed by atoms with Crippen LogP contribution in [0.1, 0.15) is 27.7 Å². The van der Waals surface area contributed by atoms with Crippen LogP contribution in [0.25, 0.3) is 0 Å². The van der Waals surface area contributed by atoms with E-state index in [4.69, 9.17) is 0 Å². The van der Waals surface area contributed by atoms with Crippen molar-refractivity contribution in [1.29, 1.82) is 0 Å². The first-order valence-electron chi connectivity index (χ1n) is 5.20. The third-order valence-electron chi connectivity index (χ3n) is 1.93. The maximum Gasteiger partial charge on any atom is 0.228 e. The van der Waals surface area contributed by atoms with Crippen molar-refractivity contribution in [1.82, 2.24) is 15.0 Å². The van der Waals surface area contributed by atoms with E-state index in [-0.39, 0.29) is 11.8 Å². The number of amides is 1. The Morgan fingerprint density at radius 2 is 2.13 bits per heavy atom. The van der Waals surface area contributed by atoms with Crippen LogP contribution < -0.4 is 5.32 Å². The lowest BCUT2D eigenvalue weighted by atomic mass is 10.2. The summed E-state index contributed by atoms with van der Waals surface area (Å²) in [6, 6.07) is 0. The Morgan fingerprint density at radius 3 is 2.67 bits per heavy atom. The van der Waals surface area contributed by atoms with Crippen molar-refractivity contribution in [3.8, 4) is 0 Å². The Bertz CT molecular complexity index is 330. The number of anilines is 1. The maximum absolute atomic E-state index is 11.5. The summed E-state index contributed by atoms with van der Waals surface area (Å²) in [6.07, 6.45) is 1.57. The summed E-state index contributed by atoms with van der Waals surface area (Å²) in [5.74, 6) is 1.10. The molecule has 84 valence electrons. The van der Waals surface area contributed by atoms with E-state index in [1.54, 1.807) is 10.9 Å². The summed E-state index contributed by atoms with van der Waals surface area (Å²) >= 11 is 0. The van der Waals surface area contributed by atoms with Crippen molar-refractivity contribution >= 4 is 11.7 Å². The van der Waals surface area contributed by atoms with Crippen LogP contribution >= 0.6 is 0 Å². The third kappa shape index (κ3) is 3.34. The van der Waals surface area contributed by atoms with Gasteiger partial charge in [0.1, 0.15) is 0 Å². The van der Waals surface area contributed by atoms with Crippen LogP contribution in [-0.4, -0.2) is 20.9 Å². The minimum Gasteiger partial charge on any atom is -0.309 e. The van der Waals surface area contributed by atoms with Gasteiger partial charge in [-0.25, -0.2) is 4.68 Å². The zero-order chi connectivity index (χ0) is 11.4. The average molecular weight is 210 g/mol. The Labute approximate surface area is 89.9 Å². The summed E-state index contributed by atoms with van der Waals surface area (Å²) in [6.45, 7) is 8.65. The Morgan fingerprint density at radius 1 is 1.47 bits per heavy atom. The second-order valence-corrected chi connectivity index (χ2v) is 4.34. The molecule has 0 saturated heterocycles. The van der Waals surface area contributed by atoms with Gasteiger partial charge in [0.25, 0.3) is 0 Å². The summed E-state index contributed by atoms with van der Waals surface area (Å²) in [7, 11) is 0. The molecule has 0 radical (unpaired) electrons. The normalized spacial score (nSPS) is 11.1. The minimum atomic E-state index is -0.0348. The fraction of sp³-hybridized carbons (Fsp3) is 0.700. The molecule has 5 nitrogen and oxygen atoms in total. The zero-order valence-corrected chi connectivity index (χ0v) is 9.69. The lowest BCUT2D eigenvalue weighted by molar-refractivity contribution is -0.118. The molecular formula is C10H18N4O. The quantitative estimate of drug-likeness (QED) is 0.819. The van der Waals surface area contributed by atoms with Crippen molar-refractivity contribution in [3.05, 3.63) is 6.20 Å². The van der Waals surface area contributed by atoms with E-state index in [1.807, 2.05) is 13.8 Å². The molecule has 0 atom stereocenters. The molecule has 5 heteroatoms. The van der Waals surface area contributed by atoms with Crippen LogP contribution in [0.5, 0.6) is 0 Å². The van der Waals surface area contributed by atoms with Gasteiger partial charge < -0.3 is 5.32 Å². The summed E-state index contributed by atoms with van der Waals surface area (Å²) in [5, 5.41) is 10.5. The van der Waals surface area contributed by atoms with Crippen molar-refractivity contribution in [2.24, 2.45) is 11.8 Å². The molecule has 0 bridgehead atoms. The van der Waals surface area contributed by atoms with Gasteiger partial charge in [-0.05, 0) is 5.92 Å². The molecule has 0 aliphatic rings. The van der Waals surface area contributed by atoms with Crippen LogP contribution in [0.4, 0.5) is 5.82 Å². The van der Waals surface area contributed by atoms with E-state index in [9.17, 15) is 4.79 Å². The van der Waals surface area contributed by atoms with Crippen molar-refractivity contribution < 1.29 is 4.79 Å². The van der Waals surface area contributed by atoms with E-state index in [1.165, 1.54) is 0 Å². The largest absolute Gasteiger partial charge is 0.309 e. The highest BCUT2D eigenvalue weighted by Crippen LogP contribution is 2.08. The van der Waals surface area contributed by atoms with Gasteiger partial charge in [-0.1, -0.05) is 32.9 Å². The van der Waals surface area contributed by atoms with E-state index >= 15 is 0 Å². The lowest BCUT2D eigenvalue weighted by Gasteiger charge is -2.10. The molecule has 1 aromatic rings.